The van der Waals surface area contributed by atoms with E-state index in [0.717, 1.165) is 14.4 Å². The maximum atomic E-state index is 13.1. The molecule has 0 atom stereocenters. The summed E-state index contributed by atoms with van der Waals surface area (Å²) in [5.74, 6) is -0.334. The molecule has 0 fully saturated rings. The van der Waals surface area contributed by atoms with Gasteiger partial charge in [-0.2, -0.15) is 0 Å². The molecule has 0 radical (unpaired) electrons. The standard InChI is InChI=1S/C11H8BrFN2S/c12-7-1-2-11(15-6-7)16-10-4-8(13)3-9(14)5-10/h1-6H,14H2. The lowest BCUT2D eigenvalue weighted by Crippen LogP contribution is -1.87. The molecule has 2 aromatic rings. The van der Waals surface area contributed by atoms with Crippen LogP contribution < -0.4 is 5.73 Å². The van der Waals surface area contributed by atoms with E-state index in [2.05, 4.69) is 20.9 Å². The second-order valence-electron chi connectivity index (χ2n) is 3.14. The van der Waals surface area contributed by atoms with Gasteiger partial charge in [0.05, 0.1) is 0 Å². The molecule has 16 heavy (non-hydrogen) atoms. The Labute approximate surface area is 105 Å². The van der Waals surface area contributed by atoms with E-state index in [1.165, 1.54) is 23.9 Å². The van der Waals surface area contributed by atoms with Gasteiger partial charge in [0.2, 0.25) is 0 Å². The van der Waals surface area contributed by atoms with Gasteiger partial charge in [-0.25, -0.2) is 9.37 Å². The van der Waals surface area contributed by atoms with Crippen molar-refractivity contribution in [3.8, 4) is 0 Å². The van der Waals surface area contributed by atoms with Crippen LogP contribution in [0.3, 0.4) is 0 Å². The van der Waals surface area contributed by atoms with Gasteiger partial charge in [0.25, 0.3) is 0 Å². The Morgan fingerprint density at radius 3 is 2.69 bits per heavy atom. The van der Waals surface area contributed by atoms with Gasteiger partial charge in [-0.1, -0.05) is 11.8 Å². The molecule has 2 rings (SSSR count). The number of halogens is 2. The fraction of sp³-hybridized carbons (Fsp3) is 0. The molecule has 0 amide bonds. The summed E-state index contributed by atoms with van der Waals surface area (Å²) in [6.45, 7) is 0. The summed E-state index contributed by atoms with van der Waals surface area (Å²) in [7, 11) is 0. The van der Waals surface area contributed by atoms with E-state index < -0.39 is 0 Å². The number of nitrogens with two attached hydrogens (primary N) is 1. The van der Waals surface area contributed by atoms with Crippen molar-refractivity contribution in [3.05, 3.63) is 46.8 Å². The van der Waals surface area contributed by atoms with Gasteiger partial charge in [-0.15, -0.1) is 0 Å². The molecule has 1 heterocycles. The Morgan fingerprint density at radius 1 is 1.25 bits per heavy atom. The molecule has 0 saturated heterocycles. The number of benzene rings is 1. The van der Waals surface area contributed by atoms with E-state index in [4.69, 9.17) is 5.73 Å². The van der Waals surface area contributed by atoms with E-state index in [9.17, 15) is 4.39 Å². The lowest BCUT2D eigenvalue weighted by Gasteiger charge is -2.02. The maximum absolute atomic E-state index is 13.1. The van der Waals surface area contributed by atoms with Crippen molar-refractivity contribution in [1.82, 2.24) is 4.98 Å². The number of hydrogen-bond donors (Lipinski definition) is 1. The fourth-order valence-electron chi connectivity index (χ4n) is 1.19. The third-order valence-corrected chi connectivity index (χ3v) is 3.21. The molecule has 0 saturated carbocycles. The number of pyridine rings is 1. The number of rotatable bonds is 2. The monoisotopic (exact) mass is 298 g/mol. The highest BCUT2D eigenvalue weighted by molar-refractivity contribution is 9.10. The summed E-state index contributed by atoms with van der Waals surface area (Å²) in [4.78, 5) is 4.93. The molecule has 1 aromatic heterocycles. The van der Waals surface area contributed by atoms with Gasteiger partial charge >= 0.3 is 0 Å². The highest BCUT2D eigenvalue weighted by Crippen LogP contribution is 2.28. The molecule has 2 N–H and O–H groups in total. The Morgan fingerprint density at radius 2 is 2.06 bits per heavy atom. The van der Waals surface area contributed by atoms with Gasteiger partial charge in [-0.3, -0.25) is 0 Å². The molecular formula is C11H8BrFN2S. The highest BCUT2D eigenvalue weighted by atomic mass is 79.9. The minimum Gasteiger partial charge on any atom is -0.399 e. The van der Waals surface area contributed by atoms with Crippen molar-refractivity contribution in [1.29, 1.82) is 0 Å². The van der Waals surface area contributed by atoms with E-state index in [1.54, 1.807) is 12.3 Å². The number of nitrogen functional groups attached to an aromatic ring is 1. The second-order valence-corrected chi connectivity index (χ2v) is 5.15. The minimum atomic E-state index is -0.334. The van der Waals surface area contributed by atoms with Gasteiger partial charge in [0.1, 0.15) is 10.8 Å². The molecule has 0 aliphatic heterocycles. The third-order valence-electron chi connectivity index (χ3n) is 1.82. The summed E-state index contributed by atoms with van der Waals surface area (Å²) < 4.78 is 14.0. The number of hydrogen-bond acceptors (Lipinski definition) is 3. The SMILES string of the molecule is Nc1cc(F)cc(Sc2ccc(Br)cn2)c1. The average molecular weight is 299 g/mol. The van der Waals surface area contributed by atoms with Crippen molar-refractivity contribution in [2.45, 2.75) is 9.92 Å². The van der Waals surface area contributed by atoms with Gasteiger partial charge in [0.15, 0.2) is 0 Å². The second kappa shape index (κ2) is 4.84. The molecule has 0 aliphatic carbocycles. The first-order chi connectivity index (χ1) is 7.63. The zero-order valence-electron chi connectivity index (χ0n) is 8.15. The summed E-state index contributed by atoms with van der Waals surface area (Å²) in [5, 5.41) is 0.799. The van der Waals surface area contributed by atoms with E-state index in [-0.39, 0.29) is 5.82 Å². The predicted octanol–water partition coefficient (Wildman–Crippen LogP) is 3.72. The number of anilines is 1. The predicted molar refractivity (Wildman–Crippen MR) is 66.9 cm³/mol. The molecule has 0 unspecified atom stereocenters. The van der Waals surface area contributed by atoms with E-state index >= 15 is 0 Å². The smallest absolute Gasteiger partial charge is 0.126 e. The summed E-state index contributed by atoms with van der Waals surface area (Å²) >= 11 is 4.68. The Balaban J connectivity index is 2.23. The van der Waals surface area contributed by atoms with Crippen LogP contribution in [0.1, 0.15) is 0 Å². The van der Waals surface area contributed by atoms with Gasteiger partial charge < -0.3 is 5.73 Å². The quantitative estimate of drug-likeness (QED) is 0.859. The molecule has 2 nitrogen and oxygen atoms in total. The van der Waals surface area contributed by atoms with Gasteiger partial charge in [0, 0.05) is 21.3 Å². The van der Waals surface area contributed by atoms with Crippen LogP contribution in [0.4, 0.5) is 10.1 Å². The lowest BCUT2D eigenvalue weighted by atomic mass is 10.3. The first-order valence-electron chi connectivity index (χ1n) is 4.49. The summed E-state index contributed by atoms with van der Waals surface area (Å²) in [6.07, 6.45) is 1.70. The zero-order valence-corrected chi connectivity index (χ0v) is 10.6. The maximum Gasteiger partial charge on any atom is 0.126 e. The summed E-state index contributed by atoms with van der Waals surface area (Å²) in [5.41, 5.74) is 5.97. The van der Waals surface area contributed by atoms with E-state index in [0.29, 0.717) is 5.69 Å². The topological polar surface area (TPSA) is 38.9 Å². The Kier molecular flexibility index (Phi) is 3.46. The number of nitrogens with zero attached hydrogens (tertiary/aromatic N) is 1. The van der Waals surface area contributed by atoms with Crippen molar-refractivity contribution >= 4 is 33.4 Å². The van der Waals surface area contributed by atoms with Crippen LogP contribution in [0.5, 0.6) is 0 Å². The first kappa shape index (κ1) is 11.4. The first-order valence-corrected chi connectivity index (χ1v) is 6.10. The Hall–Kier alpha value is -1.07. The molecule has 0 aliphatic rings. The molecule has 0 bridgehead atoms. The van der Waals surface area contributed by atoms with Crippen LogP contribution in [0.25, 0.3) is 0 Å². The van der Waals surface area contributed by atoms with Crippen molar-refractivity contribution in [2.75, 3.05) is 5.73 Å². The van der Waals surface area contributed by atoms with E-state index in [1.807, 2.05) is 12.1 Å². The molecule has 1 aromatic carbocycles. The Bertz CT molecular complexity index is 482. The fourth-order valence-corrected chi connectivity index (χ4v) is 2.27. The molecule has 0 spiro atoms. The van der Waals surface area contributed by atoms with Crippen LogP contribution in [0, 0.1) is 5.82 Å². The zero-order chi connectivity index (χ0) is 11.5. The molecular weight excluding hydrogens is 291 g/mol. The van der Waals surface area contributed by atoms with Crippen molar-refractivity contribution in [2.24, 2.45) is 0 Å². The highest BCUT2D eigenvalue weighted by Gasteiger charge is 2.02. The van der Waals surface area contributed by atoms with Crippen LogP contribution in [-0.4, -0.2) is 4.98 Å². The minimum absolute atomic E-state index is 0.334. The molecule has 5 heteroatoms. The largest absolute Gasteiger partial charge is 0.399 e. The summed E-state index contributed by atoms with van der Waals surface area (Å²) in [6, 6.07) is 8.19. The molecule has 82 valence electrons. The lowest BCUT2D eigenvalue weighted by molar-refractivity contribution is 0.625. The van der Waals surface area contributed by atoms with Crippen LogP contribution in [0.15, 0.2) is 50.9 Å². The number of aromatic nitrogens is 1. The third kappa shape index (κ3) is 2.96. The normalized spacial score (nSPS) is 10.4. The van der Waals surface area contributed by atoms with Crippen molar-refractivity contribution in [3.63, 3.8) is 0 Å². The average Bonchev–Trinajstić information content (AvgIpc) is 2.20. The van der Waals surface area contributed by atoms with Crippen molar-refractivity contribution < 1.29 is 4.39 Å². The van der Waals surface area contributed by atoms with Crippen LogP contribution in [0.2, 0.25) is 0 Å². The van der Waals surface area contributed by atoms with Crippen LogP contribution in [-0.2, 0) is 0 Å². The van der Waals surface area contributed by atoms with Gasteiger partial charge in [-0.05, 0) is 46.3 Å². The van der Waals surface area contributed by atoms with Crippen LogP contribution >= 0.6 is 27.7 Å².